The first-order valence-corrected chi connectivity index (χ1v) is 8.52. The summed E-state index contributed by atoms with van der Waals surface area (Å²) in [7, 11) is 1.49. The average molecular weight is 373 g/mol. The zero-order chi connectivity index (χ0) is 20.0. The Labute approximate surface area is 157 Å². The molecule has 1 amide bonds. The number of Topliss-reactive ketones (excluding diaryl/α,β-unsaturated/α-hetero) is 1. The van der Waals surface area contributed by atoms with Gasteiger partial charge in [0.2, 0.25) is 0 Å². The van der Waals surface area contributed by atoms with Crippen LogP contribution in [-0.4, -0.2) is 30.8 Å². The molecule has 1 N–H and O–H groups in total. The zero-order valence-corrected chi connectivity index (χ0v) is 15.8. The lowest BCUT2D eigenvalue weighted by Crippen LogP contribution is -2.45. The number of esters is 1. The Bertz CT molecular complexity index is 810. The highest BCUT2D eigenvalue weighted by Crippen LogP contribution is 2.21. The molecule has 2 aromatic rings. The minimum atomic E-state index is -0.843. The largest absolute Gasteiger partial charge is 0.496 e. The van der Waals surface area contributed by atoms with Crippen LogP contribution in [0, 0.1) is 5.92 Å². The average Bonchev–Trinajstić information content (AvgIpc) is 3.18. The maximum Gasteiger partial charge on any atom is 0.329 e. The van der Waals surface area contributed by atoms with Gasteiger partial charge in [-0.15, -0.1) is 0 Å². The number of carbonyl (C=O) groups is 3. The highest BCUT2D eigenvalue weighted by molar-refractivity contribution is 5.95. The van der Waals surface area contributed by atoms with Crippen LogP contribution in [0.25, 0.3) is 0 Å². The van der Waals surface area contributed by atoms with Gasteiger partial charge in [-0.2, -0.15) is 0 Å². The summed E-state index contributed by atoms with van der Waals surface area (Å²) in [5.41, 5.74) is 1.06. The second kappa shape index (κ2) is 9.02. The van der Waals surface area contributed by atoms with E-state index in [0.717, 1.165) is 0 Å². The Kier molecular flexibility index (Phi) is 6.76. The predicted molar refractivity (Wildman–Crippen MR) is 97.6 cm³/mol. The molecular weight excluding hydrogens is 350 g/mol. The summed E-state index contributed by atoms with van der Waals surface area (Å²) in [5, 5.41) is 2.62. The molecule has 27 heavy (non-hydrogen) atoms. The Morgan fingerprint density at radius 1 is 1.19 bits per heavy atom. The van der Waals surface area contributed by atoms with Crippen LogP contribution < -0.4 is 10.1 Å². The Morgan fingerprint density at radius 3 is 2.48 bits per heavy atom. The molecule has 144 valence electrons. The van der Waals surface area contributed by atoms with Crippen molar-refractivity contribution in [3.63, 3.8) is 0 Å². The fraction of sp³-hybridized carbons (Fsp3) is 0.350. The number of ether oxygens (including phenoxy) is 2. The van der Waals surface area contributed by atoms with Crippen molar-refractivity contribution in [2.75, 3.05) is 7.11 Å². The van der Waals surface area contributed by atoms with E-state index in [1.54, 1.807) is 38.1 Å². The van der Waals surface area contributed by atoms with Gasteiger partial charge in [-0.25, -0.2) is 4.79 Å². The lowest BCUT2D eigenvalue weighted by atomic mass is 10.0. The smallest absolute Gasteiger partial charge is 0.329 e. The number of methoxy groups -OCH3 is 1. The third kappa shape index (κ3) is 5.20. The van der Waals surface area contributed by atoms with Gasteiger partial charge < -0.3 is 19.2 Å². The topological polar surface area (TPSA) is 94.8 Å². The minimum absolute atomic E-state index is 0.0804. The van der Waals surface area contributed by atoms with E-state index in [0.29, 0.717) is 16.9 Å². The molecule has 2 rings (SSSR count). The van der Waals surface area contributed by atoms with Gasteiger partial charge in [-0.1, -0.05) is 13.8 Å². The van der Waals surface area contributed by atoms with E-state index < -0.39 is 17.9 Å². The molecule has 0 unspecified atom stereocenters. The molecule has 0 spiro atoms. The van der Waals surface area contributed by atoms with Crippen LogP contribution in [-0.2, 0) is 16.1 Å². The number of hydrogen-bond donors (Lipinski definition) is 1. The molecule has 1 aromatic carbocycles. The first kappa shape index (κ1) is 20.2. The van der Waals surface area contributed by atoms with Crippen LogP contribution in [0.15, 0.2) is 41.0 Å². The van der Waals surface area contributed by atoms with Gasteiger partial charge >= 0.3 is 5.97 Å². The van der Waals surface area contributed by atoms with E-state index in [4.69, 9.17) is 13.9 Å². The fourth-order valence-corrected chi connectivity index (χ4v) is 2.47. The Balaban J connectivity index is 2.08. The summed E-state index contributed by atoms with van der Waals surface area (Å²) in [6.07, 6.45) is 1.38. The molecule has 0 radical (unpaired) electrons. The maximum absolute atomic E-state index is 12.5. The maximum atomic E-state index is 12.5. The highest BCUT2D eigenvalue weighted by atomic mass is 16.5. The number of ketones is 1. The lowest BCUT2D eigenvalue weighted by Gasteiger charge is -2.20. The van der Waals surface area contributed by atoms with E-state index in [2.05, 4.69) is 5.32 Å². The second-order valence-electron chi connectivity index (χ2n) is 6.36. The minimum Gasteiger partial charge on any atom is -0.496 e. The van der Waals surface area contributed by atoms with Crippen LogP contribution in [0.2, 0.25) is 0 Å². The van der Waals surface area contributed by atoms with Gasteiger partial charge in [0.05, 0.1) is 13.4 Å². The molecule has 0 aliphatic heterocycles. The van der Waals surface area contributed by atoms with Crippen LogP contribution in [0.1, 0.15) is 47.2 Å². The molecule has 7 nitrogen and oxygen atoms in total. The third-order valence-corrected chi connectivity index (χ3v) is 4.01. The summed E-state index contributed by atoms with van der Waals surface area (Å²) in [6, 6.07) is 7.18. The van der Waals surface area contributed by atoms with Crippen molar-refractivity contribution in [2.45, 2.75) is 33.4 Å². The Morgan fingerprint density at radius 2 is 1.93 bits per heavy atom. The van der Waals surface area contributed by atoms with Crippen molar-refractivity contribution in [1.82, 2.24) is 5.32 Å². The quantitative estimate of drug-likeness (QED) is 0.565. The molecule has 1 atom stereocenters. The summed E-state index contributed by atoms with van der Waals surface area (Å²) in [5.74, 6) is -0.748. The molecule has 0 bridgehead atoms. The predicted octanol–water partition coefficient (Wildman–Crippen LogP) is 2.99. The van der Waals surface area contributed by atoms with Gasteiger partial charge in [0.1, 0.15) is 18.4 Å². The van der Waals surface area contributed by atoms with Gasteiger partial charge in [-0.3, -0.25) is 9.59 Å². The number of furan rings is 1. The van der Waals surface area contributed by atoms with Crippen LogP contribution >= 0.6 is 0 Å². The van der Waals surface area contributed by atoms with E-state index >= 15 is 0 Å². The number of benzene rings is 1. The number of nitrogens with one attached hydrogen (secondary N) is 1. The summed E-state index contributed by atoms with van der Waals surface area (Å²) >= 11 is 0. The van der Waals surface area contributed by atoms with Crippen LogP contribution in [0.3, 0.4) is 0 Å². The van der Waals surface area contributed by atoms with Crippen molar-refractivity contribution in [2.24, 2.45) is 5.92 Å². The van der Waals surface area contributed by atoms with Crippen molar-refractivity contribution in [3.8, 4) is 5.75 Å². The number of hydrogen-bond acceptors (Lipinski definition) is 6. The van der Waals surface area contributed by atoms with Gasteiger partial charge in [0.25, 0.3) is 5.91 Å². The first-order valence-electron chi connectivity index (χ1n) is 8.52. The van der Waals surface area contributed by atoms with Gasteiger partial charge in [0, 0.05) is 11.1 Å². The SMILES string of the molecule is COc1ccc(C(C)=O)cc1COC(=O)[C@@H](NC(=O)c1ccco1)C(C)C. The van der Waals surface area contributed by atoms with Crippen molar-refractivity contribution >= 4 is 17.7 Å². The van der Waals surface area contributed by atoms with E-state index in [-0.39, 0.29) is 24.1 Å². The van der Waals surface area contributed by atoms with Crippen molar-refractivity contribution in [1.29, 1.82) is 0 Å². The molecule has 0 saturated carbocycles. The molecule has 1 heterocycles. The Hall–Kier alpha value is -3.09. The molecule has 0 saturated heterocycles. The van der Waals surface area contributed by atoms with Gasteiger partial charge in [-0.05, 0) is 43.2 Å². The third-order valence-electron chi connectivity index (χ3n) is 4.01. The monoisotopic (exact) mass is 373 g/mol. The summed E-state index contributed by atoms with van der Waals surface area (Å²) in [6.45, 7) is 4.97. The normalized spacial score (nSPS) is 11.7. The second-order valence-corrected chi connectivity index (χ2v) is 6.36. The van der Waals surface area contributed by atoms with Crippen LogP contribution in [0.4, 0.5) is 0 Å². The highest BCUT2D eigenvalue weighted by Gasteiger charge is 2.27. The lowest BCUT2D eigenvalue weighted by molar-refractivity contribution is -0.148. The number of rotatable bonds is 8. The molecule has 0 aliphatic rings. The van der Waals surface area contributed by atoms with E-state index in [1.165, 1.54) is 26.4 Å². The zero-order valence-electron chi connectivity index (χ0n) is 15.8. The summed E-state index contributed by atoms with van der Waals surface area (Å²) in [4.78, 5) is 36.2. The van der Waals surface area contributed by atoms with E-state index in [9.17, 15) is 14.4 Å². The number of amides is 1. The number of carbonyl (C=O) groups excluding carboxylic acids is 3. The van der Waals surface area contributed by atoms with E-state index in [1.807, 2.05) is 0 Å². The molecule has 0 fully saturated rings. The molecule has 0 aliphatic carbocycles. The van der Waals surface area contributed by atoms with Crippen molar-refractivity contribution < 1.29 is 28.3 Å². The van der Waals surface area contributed by atoms with Gasteiger partial charge in [0.15, 0.2) is 11.5 Å². The summed E-state index contributed by atoms with van der Waals surface area (Å²) < 4.78 is 15.7. The fourth-order valence-electron chi connectivity index (χ4n) is 2.47. The molecule has 1 aromatic heterocycles. The first-order chi connectivity index (χ1) is 12.8. The molecular formula is C20H23NO6. The standard InChI is InChI=1S/C20H23NO6/c1-12(2)18(21-19(23)17-6-5-9-26-17)20(24)27-11-15-10-14(13(3)22)7-8-16(15)25-4/h5-10,12,18H,11H2,1-4H3,(H,21,23)/t18-/m0/s1. The van der Waals surface area contributed by atoms with Crippen LogP contribution in [0.5, 0.6) is 5.75 Å². The van der Waals surface area contributed by atoms with Crippen molar-refractivity contribution in [3.05, 3.63) is 53.5 Å². The molecule has 7 heteroatoms.